The Balaban J connectivity index is 2.58. The predicted octanol–water partition coefficient (Wildman–Crippen LogP) is 4.05. The normalized spacial score (nSPS) is 10.7. The maximum atomic E-state index is 13.4. The fourth-order valence-corrected chi connectivity index (χ4v) is 2.23. The molecule has 1 nitrogen and oxygen atoms in total. The number of benzene rings is 1. The summed E-state index contributed by atoms with van der Waals surface area (Å²) in [6, 6.07) is 3.26. The maximum absolute atomic E-state index is 13.4. The van der Waals surface area contributed by atoms with Crippen LogP contribution >= 0.6 is 22.9 Å². The van der Waals surface area contributed by atoms with E-state index >= 15 is 0 Å². The zero-order chi connectivity index (χ0) is 11.0. The monoisotopic (exact) mass is 245 g/mol. The second-order valence-electron chi connectivity index (χ2n) is 3.00. The van der Waals surface area contributed by atoms with Crippen molar-refractivity contribution < 1.29 is 8.78 Å². The van der Waals surface area contributed by atoms with Gasteiger partial charge in [0.1, 0.15) is 21.0 Å². The van der Waals surface area contributed by atoms with E-state index in [1.54, 1.807) is 6.92 Å². The van der Waals surface area contributed by atoms with Crippen LogP contribution in [0.2, 0.25) is 4.34 Å². The molecule has 0 N–H and O–H groups in total. The van der Waals surface area contributed by atoms with Crippen molar-refractivity contribution in [2.45, 2.75) is 6.92 Å². The molecule has 2 aromatic rings. The van der Waals surface area contributed by atoms with Crippen LogP contribution in [-0.4, -0.2) is 4.98 Å². The third kappa shape index (κ3) is 2.01. The number of aromatic nitrogens is 1. The van der Waals surface area contributed by atoms with Crippen molar-refractivity contribution in [3.8, 4) is 10.6 Å². The van der Waals surface area contributed by atoms with Gasteiger partial charge in [0.25, 0.3) is 0 Å². The molecule has 0 spiro atoms. The van der Waals surface area contributed by atoms with Crippen LogP contribution in [0.3, 0.4) is 0 Å². The first-order chi connectivity index (χ1) is 7.08. The Bertz CT molecular complexity index is 491. The van der Waals surface area contributed by atoms with E-state index in [0.29, 0.717) is 15.0 Å². The molecule has 0 bridgehead atoms. The molecule has 78 valence electrons. The quantitative estimate of drug-likeness (QED) is 0.739. The van der Waals surface area contributed by atoms with Crippen molar-refractivity contribution in [2.75, 3.05) is 0 Å². The molecule has 2 rings (SSSR count). The van der Waals surface area contributed by atoms with Crippen molar-refractivity contribution in [1.82, 2.24) is 4.98 Å². The lowest BCUT2D eigenvalue weighted by molar-refractivity contribution is 0.603. The number of rotatable bonds is 1. The summed E-state index contributed by atoms with van der Waals surface area (Å²) in [5.41, 5.74) is 0.773. The number of nitrogens with zero attached hydrogens (tertiary/aromatic N) is 1. The third-order valence-corrected chi connectivity index (χ3v) is 3.38. The average Bonchev–Trinajstić information content (AvgIpc) is 2.51. The van der Waals surface area contributed by atoms with E-state index in [9.17, 15) is 8.78 Å². The molecule has 1 aromatic carbocycles. The predicted molar refractivity (Wildman–Crippen MR) is 57.2 cm³/mol. The molecule has 0 aliphatic carbocycles. The Morgan fingerprint density at radius 2 is 2.07 bits per heavy atom. The Kier molecular flexibility index (Phi) is 2.71. The second-order valence-corrected chi connectivity index (χ2v) is 4.60. The number of halogens is 3. The van der Waals surface area contributed by atoms with E-state index < -0.39 is 11.6 Å². The van der Waals surface area contributed by atoms with Crippen LogP contribution in [0.5, 0.6) is 0 Å². The van der Waals surface area contributed by atoms with Gasteiger partial charge in [-0.1, -0.05) is 11.6 Å². The van der Waals surface area contributed by atoms with Gasteiger partial charge in [-0.3, -0.25) is 0 Å². The van der Waals surface area contributed by atoms with Crippen LogP contribution in [0.15, 0.2) is 18.2 Å². The lowest BCUT2D eigenvalue weighted by Crippen LogP contribution is -1.85. The van der Waals surface area contributed by atoms with E-state index in [1.165, 1.54) is 0 Å². The van der Waals surface area contributed by atoms with E-state index in [-0.39, 0.29) is 5.56 Å². The molecule has 0 aliphatic heterocycles. The lowest BCUT2D eigenvalue weighted by atomic mass is 10.2. The molecule has 0 saturated heterocycles. The summed E-state index contributed by atoms with van der Waals surface area (Å²) < 4.78 is 26.8. The van der Waals surface area contributed by atoms with Gasteiger partial charge < -0.3 is 0 Å². The van der Waals surface area contributed by atoms with Gasteiger partial charge in [-0.15, -0.1) is 11.3 Å². The Morgan fingerprint density at radius 1 is 1.33 bits per heavy atom. The molecule has 15 heavy (non-hydrogen) atoms. The smallest absolute Gasteiger partial charge is 0.133 e. The van der Waals surface area contributed by atoms with Gasteiger partial charge in [-0.25, -0.2) is 13.8 Å². The van der Waals surface area contributed by atoms with Gasteiger partial charge in [0.2, 0.25) is 0 Å². The van der Waals surface area contributed by atoms with Crippen LogP contribution < -0.4 is 0 Å². The number of hydrogen-bond donors (Lipinski definition) is 0. The highest BCUT2D eigenvalue weighted by Crippen LogP contribution is 2.32. The standard InChI is InChI=1S/C10H6ClF2NS/c1-5-9(11)15-10(14-5)7-4-6(12)2-3-8(7)13/h2-4H,1H3. The minimum atomic E-state index is -0.498. The first-order valence-corrected chi connectivity index (χ1v) is 5.35. The third-order valence-electron chi connectivity index (χ3n) is 1.90. The minimum absolute atomic E-state index is 0.148. The number of thiazole rings is 1. The Morgan fingerprint density at radius 3 is 2.67 bits per heavy atom. The highest BCUT2D eigenvalue weighted by molar-refractivity contribution is 7.19. The zero-order valence-electron chi connectivity index (χ0n) is 7.72. The molecular formula is C10H6ClF2NS. The summed E-state index contributed by atoms with van der Waals surface area (Å²) >= 11 is 6.95. The first-order valence-electron chi connectivity index (χ1n) is 4.16. The van der Waals surface area contributed by atoms with Crippen LogP contribution in [0, 0.1) is 18.6 Å². The molecule has 0 radical (unpaired) electrons. The molecule has 0 amide bonds. The van der Waals surface area contributed by atoms with Crippen molar-refractivity contribution in [2.24, 2.45) is 0 Å². The molecule has 0 atom stereocenters. The van der Waals surface area contributed by atoms with E-state index in [1.807, 2.05) is 0 Å². The van der Waals surface area contributed by atoms with Crippen LogP contribution in [0.4, 0.5) is 8.78 Å². The summed E-state index contributed by atoms with van der Waals surface area (Å²) in [5, 5.41) is 0.398. The van der Waals surface area contributed by atoms with Crippen molar-refractivity contribution in [1.29, 1.82) is 0 Å². The van der Waals surface area contributed by atoms with Crippen molar-refractivity contribution >= 4 is 22.9 Å². The Hall–Kier alpha value is -1.00. The summed E-state index contributed by atoms with van der Waals surface area (Å²) in [6.07, 6.45) is 0. The van der Waals surface area contributed by atoms with E-state index in [0.717, 1.165) is 29.5 Å². The maximum Gasteiger partial charge on any atom is 0.133 e. The first kappa shape index (κ1) is 10.5. The molecular weight excluding hydrogens is 240 g/mol. The summed E-state index contributed by atoms with van der Waals surface area (Å²) in [4.78, 5) is 4.06. The second kappa shape index (κ2) is 3.87. The van der Waals surface area contributed by atoms with Gasteiger partial charge in [0.05, 0.1) is 5.69 Å². The lowest BCUT2D eigenvalue weighted by Gasteiger charge is -1.98. The fourth-order valence-electron chi connectivity index (χ4n) is 1.15. The largest absolute Gasteiger partial charge is 0.240 e. The van der Waals surface area contributed by atoms with Crippen LogP contribution in [-0.2, 0) is 0 Å². The van der Waals surface area contributed by atoms with Gasteiger partial charge in [-0.2, -0.15) is 0 Å². The SMILES string of the molecule is Cc1nc(-c2cc(F)ccc2F)sc1Cl. The minimum Gasteiger partial charge on any atom is -0.240 e. The van der Waals surface area contributed by atoms with Crippen molar-refractivity contribution in [3.63, 3.8) is 0 Å². The van der Waals surface area contributed by atoms with E-state index in [2.05, 4.69) is 4.98 Å². The Labute approximate surface area is 94.3 Å². The van der Waals surface area contributed by atoms with Crippen LogP contribution in [0.1, 0.15) is 5.69 Å². The number of aryl methyl sites for hydroxylation is 1. The highest BCUT2D eigenvalue weighted by Gasteiger charge is 2.12. The van der Waals surface area contributed by atoms with Crippen molar-refractivity contribution in [3.05, 3.63) is 39.9 Å². The molecule has 0 saturated carbocycles. The summed E-state index contributed by atoms with van der Waals surface area (Å²) in [7, 11) is 0. The van der Waals surface area contributed by atoms with Crippen LogP contribution in [0.25, 0.3) is 10.6 Å². The summed E-state index contributed by atoms with van der Waals surface area (Å²) in [5.74, 6) is -0.989. The molecule has 0 fully saturated rings. The number of hydrogen-bond acceptors (Lipinski definition) is 2. The van der Waals surface area contributed by atoms with Gasteiger partial charge in [-0.05, 0) is 25.1 Å². The fraction of sp³-hybridized carbons (Fsp3) is 0.100. The average molecular weight is 246 g/mol. The van der Waals surface area contributed by atoms with E-state index in [4.69, 9.17) is 11.6 Å². The molecule has 1 aromatic heterocycles. The molecule has 0 unspecified atom stereocenters. The topological polar surface area (TPSA) is 12.9 Å². The molecule has 5 heteroatoms. The molecule has 1 heterocycles. The van der Waals surface area contributed by atoms with Gasteiger partial charge >= 0.3 is 0 Å². The zero-order valence-corrected chi connectivity index (χ0v) is 9.29. The highest BCUT2D eigenvalue weighted by atomic mass is 35.5. The molecule has 0 aliphatic rings. The van der Waals surface area contributed by atoms with Gasteiger partial charge in [0.15, 0.2) is 0 Å². The summed E-state index contributed by atoms with van der Waals surface area (Å²) in [6.45, 7) is 1.72. The van der Waals surface area contributed by atoms with Gasteiger partial charge in [0, 0.05) is 5.56 Å².